The van der Waals surface area contributed by atoms with E-state index in [9.17, 15) is 0 Å². The average molecular weight is 355 g/mol. The first-order chi connectivity index (χ1) is 9.74. The first kappa shape index (κ1) is 12.8. The van der Waals surface area contributed by atoms with E-state index in [1.54, 1.807) is 8.83 Å². The number of rotatable bonds is 2. The molecule has 98 valence electrons. The second-order valence-corrected chi connectivity index (χ2v) is 20.4. The molecule has 3 heteroatoms. The Morgan fingerprint density at radius 2 is 1.90 bits per heavy atom. The van der Waals surface area contributed by atoms with Crippen molar-refractivity contribution in [3.63, 3.8) is 0 Å². The molecule has 1 unspecified atom stereocenters. The van der Waals surface area contributed by atoms with Crippen LogP contribution in [0.3, 0.4) is 0 Å². The number of fused-ring (bicyclic) bond motifs is 5. The molecule has 1 N–H and O–H groups in total. The fraction of sp³-hybridized carbons (Fsp3) is 0.176. The number of nitrogens with one attached hydrogen (secondary N) is 1. The fourth-order valence-electron chi connectivity index (χ4n) is 3.24. The molecule has 0 amide bonds. The van der Waals surface area contributed by atoms with Gasteiger partial charge in [0.1, 0.15) is 0 Å². The van der Waals surface area contributed by atoms with Crippen LogP contribution in [0.25, 0.3) is 11.6 Å². The van der Waals surface area contributed by atoms with Crippen molar-refractivity contribution in [2.24, 2.45) is 0 Å². The minimum atomic E-state index is -0.411. The number of anilines is 1. The van der Waals surface area contributed by atoms with E-state index in [0.29, 0.717) is 6.04 Å². The molecule has 1 aliphatic heterocycles. The number of hydrogen-bond donors (Lipinski definition) is 1. The summed E-state index contributed by atoms with van der Waals surface area (Å²) in [6.45, 7) is 5.00. The van der Waals surface area contributed by atoms with Crippen LogP contribution in [0.5, 0.6) is 0 Å². The molecule has 0 bridgehead atoms. The van der Waals surface area contributed by atoms with Gasteiger partial charge in [-0.2, -0.15) is 0 Å². The Balaban J connectivity index is 1.84. The van der Waals surface area contributed by atoms with Gasteiger partial charge >= 0.3 is 133 Å². The topological polar surface area (TPSA) is 12.0 Å². The van der Waals surface area contributed by atoms with Gasteiger partial charge in [-0.05, 0) is 0 Å². The van der Waals surface area contributed by atoms with Crippen molar-refractivity contribution in [2.45, 2.75) is 19.1 Å². The molecule has 2 aromatic carbocycles. The van der Waals surface area contributed by atoms with E-state index >= 15 is 0 Å². The SMILES string of the molecule is C[SiH](C)[Zr][c]1cccc2c1C=C1c3ccccc3NC12. The standard InChI is InChI=1S/C15H10N.C2H7Si.Zr/c1-2-6-11-10(5-1)9-13-12-7-3-4-8-14(12)16-15(11)13;1-3-2;/h1-4,6-9,15-16H;3H,1-2H3;. The van der Waals surface area contributed by atoms with Crippen molar-refractivity contribution in [1.82, 2.24) is 0 Å². The van der Waals surface area contributed by atoms with Crippen LogP contribution in [0, 0.1) is 0 Å². The molecule has 1 atom stereocenters. The van der Waals surface area contributed by atoms with Gasteiger partial charge in [0.25, 0.3) is 0 Å². The zero-order valence-corrected chi connectivity index (χ0v) is 15.4. The van der Waals surface area contributed by atoms with Gasteiger partial charge in [-0.15, -0.1) is 0 Å². The maximum absolute atomic E-state index is 3.70. The van der Waals surface area contributed by atoms with E-state index in [1.807, 2.05) is 0 Å². The second kappa shape index (κ2) is 4.82. The first-order valence-electron chi connectivity index (χ1n) is 7.21. The van der Waals surface area contributed by atoms with Crippen molar-refractivity contribution in [3.8, 4) is 0 Å². The first-order valence-corrected chi connectivity index (χ1v) is 15.6. The van der Waals surface area contributed by atoms with Crippen LogP contribution in [-0.4, -0.2) is 5.92 Å². The van der Waals surface area contributed by atoms with E-state index in [0.717, 1.165) is 0 Å². The van der Waals surface area contributed by atoms with Gasteiger partial charge < -0.3 is 0 Å². The maximum atomic E-state index is 3.70. The second-order valence-electron chi connectivity index (χ2n) is 5.83. The van der Waals surface area contributed by atoms with Crippen LogP contribution in [0.15, 0.2) is 42.5 Å². The molecule has 1 nitrogen and oxygen atoms in total. The Morgan fingerprint density at radius 1 is 1.05 bits per heavy atom. The normalized spacial score (nSPS) is 18.1. The summed E-state index contributed by atoms with van der Waals surface area (Å²) in [6, 6.07) is 16.1. The third-order valence-corrected chi connectivity index (χ3v) is 12.6. The molecule has 0 fully saturated rings. The molecule has 0 spiro atoms. The van der Waals surface area contributed by atoms with Crippen molar-refractivity contribution in [2.75, 3.05) is 5.32 Å². The molecule has 1 heterocycles. The molecule has 0 saturated carbocycles. The van der Waals surface area contributed by atoms with Crippen LogP contribution in [0.2, 0.25) is 13.1 Å². The summed E-state index contributed by atoms with van der Waals surface area (Å²) in [5, 5.41) is 3.70. The summed E-state index contributed by atoms with van der Waals surface area (Å²) < 4.78 is 1.72. The Morgan fingerprint density at radius 3 is 2.75 bits per heavy atom. The van der Waals surface area contributed by atoms with E-state index in [-0.39, 0.29) is 22.4 Å². The van der Waals surface area contributed by atoms with Gasteiger partial charge in [0.15, 0.2) is 0 Å². The number of hydrogen-bond acceptors (Lipinski definition) is 1. The molecule has 4 rings (SSSR count). The van der Waals surface area contributed by atoms with Crippen LogP contribution >= 0.6 is 0 Å². The fourth-order valence-corrected chi connectivity index (χ4v) is 11.3. The van der Waals surface area contributed by atoms with Crippen molar-refractivity contribution in [1.29, 1.82) is 0 Å². The molecule has 0 saturated heterocycles. The zero-order chi connectivity index (χ0) is 13.7. The summed E-state index contributed by atoms with van der Waals surface area (Å²) in [4.78, 5) is 0. The zero-order valence-electron chi connectivity index (χ0n) is 11.8. The number of para-hydroxylation sites is 1. The Kier molecular flexibility index (Phi) is 3.08. The van der Waals surface area contributed by atoms with Crippen molar-refractivity contribution in [3.05, 3.63) is 59.2 Å². The minimum absolute atomic E-state index is 0.334. The van der Waals surface area contributed by atoms with E-state index < -0.39 is 5.92 Å². The molecule has 0 aromatic heterocycles. The Bertz CT molecular complexity index is 721. The summed E-state index contributed by atoms with van der Waals surface area (Å²) in [6.07, 6.45) is 2.46. The molecule has 1 aliphatic carbocycles. The molecule has 2 aliphatic rings. The monoisotopic (exact) mass is 353 g/mol. The summed E-state index contributed by atoms with van der Waals surface area (Å²) in [7, 11) is 0. The molecular weight excluding hydrogens is 338 g/mol. The third kappa shape index (κ3) is 1.91. The molecule has 20 heavy (non-hydrogen) atoms. The summed E-state index contributed by atoms with van der Waals surface area (Å²) in [5.74, 6) is -0.411. The van der Waals surface area contributed by atoms with Gasteiger partial charge in [0.05, 0.1) is 0 Å². The van der Waals surface area contributed by atoms with Gasteiger partial charge in [-0.25, -0.2) is 0 Å². The van der Waals surface area contributed by atoms with Gasteiger partial charge in [0.2, 0.25) is 0 Å². The average Bonchev–Trinajstić information content (AvgIpc) is 2.95. The molecule has 2 aromatic rings. The van der Waals surface area contributed by atoms with Gasteiger partial charge in [-0.3, -0.25) is 0 Å². The quantitative estimate of drug-likeness (QED) is 0.815. The van der Waals surface area contributed by atoms with E-state index in [1.165, 1.54) is 22.4 Å². The summed E-state index contributed by atoms with van der Waals surface area (Å²) in [5.41, 5.74) is 7.23. The van der Waals surface area contributed by atoms with Crippen molar-refractivity contribution < 1.29 is 22.4 Å². The van der Waals surface area contributed by atoms with Crippen LogP contribution in [0.1, 0.15) is 22.7 Å². The summed E-state index contributed by atoms with van der Waals surface area (Å²) >= 11 is -0.334. The Labute approximate surface area is 132 Å². The predicted molar refractivity (Wildman–Crippen MR) is 85.6 cm³/mol. The van der Waals surface area contributed by atoms with Crippen LogP contribution < -0.4 is 8.59 Å². The number of benzene rings is 2. The van der Waals surface area contributed by atoms with Gasteiger partial charge in [0, 0.05) is 0 Å². The van der Waals surface area contributed by atoms with E-state index in [4.69, 9.17) is 0 Å². The predicted octanol–water partition coefficient (Wildman–Crippen LogP) is 3.40. The van der Waals surface area contributed by atoms with Crippen LogP contribution in [-0.2, 0) is 22.4 Å². The van der Waals surface area contributed by atoms with Crippen LogP contribution in [0.4, 0.5) is 5.69 Å². The third-order valence-electron chi connectivity index (χ3n) is 4.04. The van der Waals surface area contributed by atoms with Gasteiger partial charge in [-0.1, -0.05) is 0 Å². The molecular formula is C17H17NSiZr. The van der Waals surface area contributed by atoms with E-state index in [2.05, 4.69) is 67.0 Å². The Hall–Kier alpha value is -0.920. The molecule has 0 radical (unpaired) electrons. The van der Waals surface area contributed by atoms with Crippen molar-refractivity contribution >= 4 is 26.5 Å².